The van der Waals surface area contributed by atoms with E-state index in [2.05, 4.69) is 0 Å². The molecular formula is C6H16NO3+. The molecular weight excluding hydrogens is 134 g/mol. The Bertz CT molecular complexity index is 81.1. The van der Waals surface area contributed by atoms with Crippen LogP contribution >= 0.6 is 0 Å². The highest BCUT2D eigenvalue weighted by Crippen LogP contribution is 1.99. The van der Waals surface area contributed by atoms with Gasteiger partial charge in [0.1, 0.15) is 13.1 Å². The number of hydrogen-bond donors (Lipinski definition) is 3. The molecule has 0 fully saturated rings. The fraction of sp³-hybridized carbons (Fsp3) is 1.00. The van der Waals surface area contributed by atoms with Crippen LogP contribution in [0.3, 0.4) is 0 Å². The quantitative estimate of drug-likeness (QED) is 0.282. The molecule has 0 radical (unpaired) electrons. The lowest BCUT2D eigenvalue weighted by molar-refractivity contribution is -1.11. The zero-order valence-corrected chi connectivity index (χ0v) is 6.32. The van der Waals surface area contributed by atoms with Crippen molar-refractivity contribution in [1.29, 1.82) is 0 Å². The Hall–Kier alpha value is -0.160. The first kappa shape index (κ1) is 9.84. The third kappa shape index (κ3) is 3.12. The lowest BCUT2D eigenvalue weighted by atomic mass is 10.4. The van der Waals surface area contributed by atoms with E-state index in [1.54, 1.807) is 0 Å². The molecule has 0 aromatic carbocycles. The van der Waals surface area contributed by atoms with Gasteiger partial charge >= 0.3 is 0 Å². The predicted molar refractivity (Wildman–Crippen MR) is 36.2 cm³/mol. The third-order valence-corrected chi connectivity index (χ3v) is 1.42. The zero-order chi connectivity index (χ0) is 8.04. The first-order valence-electron chi connectivity index (χ1n) is 3.49. The lowest BCUT2D eigenvalue weighted by Gasteiger charge is -2.26. The summed E-state index contributed by atoms with van der Waals surface area (Å²) < 4.78 is -0.438. The predicted octanol–water partition coefficient (Wildman–Crippen LogP) is -0.455. The smallest absolute Gasteiger partial charge is 0.210 e. The van der Waals surface area contributed by atoms with Crippen molar-refractivity contribution in [2.45, 2.75) is 13.3 Å². The van der Waals surface area contributed by atoms with E-state index >= 15 is 0 Å². The maximum Gasteiger partial charge on any atom is 0.210 e. The molecule has 0 aliphatic carbocycles. The summed E-state index contributed by atoms with van der Waals surface area (Å²) in [7, 11) is 0. The van der Waals surface area contributed by atoms with Gasteiger partial charge in [0.15, 0.2) is 0 Å². The van der Waals surface area contributed by atoms with Crippen molar-refractivity contribution in [3.05, 3.63) is 0 Å². The van der Waals surface area contributed by atoms with E-state index in [-0.39, 0.29) is 19.9 Å². The van der Waals surface area contributed by atoms with Crippen LogP contribution in [0.1, 0.15) is 13.3 Å². The molecule has 0 rings (SSSR count). The second-order valence-corrected chi connectivity index (χ2v) is 2.41. The van der Waals surface area contributed by atoms with Crippen LogP contribution in [0.4, 0.5) is 0 Å². The molecule has 0 amide bonds. The van der Waals surface area contributed by atoms with Crippen LogP contribution in [-0.2, 0) is 0 Å². The second kappa shape index (κ2) is 4.62. The molecule has 0 spiro atoms. The van der Waals surface area contributed by atoms with Gasteiger partial charge < -0.3 is 10.2 Å². The highest BCUT2D eigenvalue weighted by Gasteiger charge is 2.21. The van der Waals surface area contributed by atoms with Gasteiger partial charge in [0.2, 0.25) is 6.73 Å². The first-order chi connectivity index (χ1) is 4.68. The minimum Gasteiger partial charge on any atom is -0.390 e. The number of nitrogens with zero attached hydrogens (tertiary/aromatic N) is 1. The summed E-state index contributed by atoms with van der Waals surface area (Å²) >= 11 is 0. The second-order valence-electron chi connectivity index (χ2n) is 2.41. The maximum atomic E-state index is 9.35. The summed E-state index contributed by atoms with van der Waals surface area (Å²) in [6, 6.07) is 0. The number of hydroxylamine groups is 3. The van der Waals surface area contributed by atoms with E-state index in [1.807, 2.05) is 6.92 Å². The number of rotatable bonds is 5. The van der Waals surface area contributed by atoms with Gasteiger partial charge in [-0.05, 0) is 6.42 Å². The fourth-order valence-electron chi connectivity index (χ4n) is 0.856. The molecule has 0 aliphatic heterocycles. The molecule has 1 atom stereocenters. The van der Waals surface area contributed by atoms with Gasteiger partial charge in [-0.3, -0.25) is 0 Å². The van der Waals surface area contributed by atoms with Crippen LogP contribution in [0, 0.1) is 0 Å². The van der Waals surface area contributed by atoms with Gasteiger partial charge in [0.25, 0.3) is 0 Å². The van der Waals surface area contributed by atoms with Crippen LogP contribution in [0.25, 0.3) is 0 Å². The van der Waals surface area contributed by atoms with Gasteiger partial charge in [-0.2, -0.15) is 4.65 Å². The average molecular weight is 150 g/mol. The number of quaternary nitrogens is 1. The minimum atomic E-state index is -0.438. The summed E-state index contributed by atoms with van der Waals surface area (Å²) in [4.78, 5) is 0. The van der Waals surface area contributed by atoms with Crippen LogP contribution < -0.4 is 0 Å². The third-order valence-electron chi connectivity index (χ3n) is 1.42. The fourth-order valence-corrected chi connectivity index (χ4v) is 0.856. The molecule has 62 valence electrons. The Morgan fingerprint density at radius 3 is 2.10 bits per heavy atom. The van der Waals surface area contributed by atoms with Gasteiger partial charge in [0, 0.05) is 0 Å². The molecule has 0 bridgehead atoms. The van der Waals surface area contributed by atoms with Gasteiger partial charge in [-0.1, -0.05) is 6.92 Å². The summed E-state index contributed by atoms with van der Waals surface area (Å²) in [5.74, 6) is 0. The van der Waals surface area contributed by atoms with Crippen LogP contribution in [0.2, 0.25) is 0 Å². The first-order valence-corrected chi connectivity index (χ1v) is 3.49. The molecule has 0 saturated carbocycles. The van der Waals surface area contributed by atoms with Crippen molar-refractivity contribution < 1.29 is 20.1 Å². The Balaban J connectivity index is 3.69. The summed E-state index contributed by atoms with van der Waals surface area (Å²) in [6.07, 6.45) is 0.789. The topological polar surface area (TPSA) is 60.7 Å². The molecule has 0 heterocycles. The number of aliphatic hydroxyl groups excluding tert-OH is 2. The van der Waals surface area contributed by atoms with E-state index in [9.17, 15) is 5.21 Å². The Morgan fingerprint density at radius 2 is 1.80 bits per heavy atom. The zero-order valence-electron chi connectivity index (χ0n) is 6.32. The Morgan fingerprint density at radius 1 is 1.20 bits per heavy atom. The van der Waals surface area contributed by atoms with E-state index < -0.39 is 4.65 Å². The van der Waals surface area contributed by atoms with E-state index in [4.69, 9.17) is 10.2 Å². The highest BCUT2D eigenvalue weighted by atomic mass is 16.6. The van der Waals surface area contributed by atoms with Gasteiger partial charge in [0.05, 0.1) is 6.61 Å². The molecule has 0 aliphatic rings. The van der Waals surface area contributed by atoms with Crippen molar-refractivity contribution in [1.82, 2.24) is 0 Å². The van der Waals surface area contributed by atoms with Crippen molar-refractivity contribution >= 4 is 0 Å². The normalized spacial score (nSPS) is 16.8. The summed E-state index contributed by atoms with van der Waals surface area (Å²) in [5, 5.41) is 26.5. The van der Waals surface area contributed by atoms with Crippen molar-refractivity contribution in [2.24, 2.45) is 0 Å². The Kier molecular flexibility index (Phi) is 4.55. The Labute approximate surface area is 60.9 Å². The van der Waals surface area contributed by atoms with Crippen LogP contribution in [0.15, 0.2) is 0 Å². The molecule has 10 heavy (non-hydrogen) atoms. The molecule has 4 nitrogen and oxygen atoms in total. The highest BCUT2D eigenvalue weighted by molar-refractivity contribution is 4.27. The molecule has 4 heteroatoms. The van der Waals surface area contributed by atoms with Crippen molar-refractivity contribution in [2.75, 3.05) is 26.4 Å². The lowest BCUT2D eigenvalue weighted by Crippen LogP contribution is -2.47. The van der Waals surface area contributed by atoms with Crippen LogP contribution in [-0.4, -0.2) is 46.5 Å². The molecule has 1 unspecified atom stereocenters. The summed E-state index contributed by atoms with van der Waals surface area (Å²) in [6.45, 7) is 2.17. The van der Waals surface area contributed by atoms with Crippen molar-refractivity contribution in [3.63, 3.8) is 0 Å². The van der Waals surface area contributed by atoms with Gasteiger partial charge in [-0.25, -0.2) is 5.21 Å². The average Bonchev–Trinajstić information content (AvgIpc) is 1.89. The largest absolute Gasteiger partial charge is 0.390 e. The minimum absolute atomic E-state index is 0.100. The molecule has 3 N–H and O–H groups in total. The SMILES string of the molecule is CCC[N+](O)(CO)CCO. The number of aliphatic hydroxyl groups is 2. The van der Waals surface area contributed by atoms with E-state index in [1.165, 1.54) is 0 Å². The van der Waals surface area contributed by atoms with E-state index in [0.717, 1.165) is 6.42 Å². The molecule has 0 aromatic rings. The summed E-state index contributed by atoms with van der Waals surface area (Å²) in [5.41, 5.74) is 0. The van der Waals surface area contributed by atoms with Gasteiger partial charge in [-0.15, -0.1) is 0 Å². The molecule has 0 saturated heterocycles. The monoisotopic (exact) mass is 150 g/mol. The van der Waals surface area contributed by atoms with Crippen LogP contribution in [0.5, 0.6) is 0 Å². The maximum absolute atomic E-state index is 9.35. The van der Waals surface area contributed by atoms with Crippen molar-refractivity contribution in [3.8, 4) is 0 Å². The van der Waals surface area contributed by atoms with E-state index in [0.29, 0.717) is 6.54 Å². The molecule has 0 aromatic heterocycles. The number of hydrogen-bond acceptors (Lipinski definition) is 3. The standard InChI is InChI=1S/C6H16NO3/c1-2-3-7(10,6-9)4-5-8/h8-10H,2-6H2,1H3/q+1.